The van der Waals surface area contributed by atoms with Crippen LogP contribution in [0.5, 0.6) is 0 Å². The lowest BCUT2D eigenvalue weighted by Crippen LogP contribution is -2.42. The Hall–Kier alpha value is -2.66. The van der Waals surface area contributed by atoms with Crippen LogP contribution in [0.4, 0.5) is 5.69 Å². The molecule has 3 rings (SSSR count). The minimum atomic E-state index is -0.263. The van der Waals surface area contributed by atoms with Crippen LogP contribution in [0.3, 0.4) is 0 Å². The second-order valence-corrected chi connectivity index (χ2v) is 6.56. The zero-order chi connectivity index (χ0) is 18.4. The van der Waals surface area contributed by atoms with Crippen molar-refractivity contribution < 1.29 is 14.3 Å². The summed E-state index contributed by atoms with van der Waals surface area (Å²) in [5, 5.41) is 2.81. The zero-order valence-corrected chi connectivity index (χ0v) is 14.9. The molecule has 1 heterocycles. The fourth-order valence-corrected chi connectivity index (χ4v) is 3.30. The number of rotatable bonds is 5. The van der Waals surface area contributed by atoms with E-state index in [0.29, 0.717) is 6.61 Å². The summed E-state index contributed by atoms with van der Waals surface area (Å²) >= 11 is 0. The topological polar surface area (TPSA) is 58.6 Å². The fraction of sp³-hybridized carbons (Fsp3) is 0.333. The molecule has 5 nitrogen and oxygen atoms in total. The molecule has 1 N–H and O–H groups in total. The predicted molar refractivity (Wildman–Crippen MR) is 101 cm³/mol. The fourth-order valence-electron chi connectivity index (χ4n) is 3.30. The van der Waals surface area contributed by atoms with E-state index in [1.54, 1.807) is 7.05 Å². The van der Waals surface area contributed by atoms with E-state index >= 15 is 0 Å². The van der Waals surface area contributed by atoms with Crippen LogP contribution >= 0.6 is 0 Å². The van der Waals surface area contributed by atoms with Crippen LogP contribution in [0, 0.1) is 5.92 Å². The quantitative estimate of drug-likeness (QED) is 0.899. The summed E-state index contributed by atoms with van der Waals surface area (Å²) in [4.78, 5) is 26.7. The summed E-state index contributed by atoms with van der Waals surface area (Å²) < 4.78 is 5.90. The van der Waals surface area contributed by atoms with Crippen molar-refractivity contribution >= 4 is 17.5 Å². The first-order valence-electron chi connectivity index (χ1n) is 8.91. The van der Waals surface area contributed by atoms with Gasteiger partial charge in [0.2, 0.25) is 11.8 Å². The van der Waals surface area contributed by atoms with Crippen molar-refractivity contribution in [1.29, 1.82) is 0 Å². The highest BCUT2D eigenvalue weighted by atomic mass is 16.5. The summed E-state index contributed by atoms with van der Waals surface area (Å²) in [7, 11) is 1.67. The monoisotopic (exact) mass is 352 g/mol. The molecule has 2 atom stereocenters. The van der Waals surface area contributed by atoms with Gasteiger partial charge in [0, 0.05) is 19.3 Å². The minimum absolute atomic E-state index is 0.0196. The Kier molecular flexibility index (Phi) is 6.02. The molecule has 2 aromatic rings. The molecule has 0 saturated carbocycles. The Morgan fingerprint density at radius 1 is 1.08 bits per heavy atom. The molecular formula is C21H24N2O3. The molecular weight excluding hydrogens is 328 g/mol. The maximum atomic E-state index is 12.9. The average Bonchev–Trinajstić information content (AvgIpc) is 2.68. The molecule has 1 aliphatic heterocycles. The molecule has 26 heavy (non-hydrogen) atoms. The van der Waals surface area contributed by atoms with Gasteiger partial charge in [-0.2, -0.15) is 0 Å². The van der Waals surface area contributed by atoms with Crippen molar-refractivity contribution in [1.82, 2.24) is 4.90 Å². The zero-order valence-electron chi connectivity index (χ0n) is 14.9. The van der Waals surface area contributed by atoms with Crippen LogP contribution < -0.4 is 5.32 Å². The lowest BCUT2D eigenvalue weighted by atomic mass is 9.88. The summed E-state index contributed by atoms with van der Waals surface area (Å²) in [5.74, 6) is -0.525. The van der Waals surface area contributed by atoms with Gasteiger partial charge in [-0.15, -0.1) is 0 Å². The number of benzene rings is 2. The van der Waals surface area contributed by atoms with Gasteiger partial charge in [0.05, 0.1) is 18.6 Å². The first-order valence-corrected chi connectivity index (χ1v) is 8.91. The van der Waals surface area contributed by atoms with Crippen molar-refractivity contribution in [2.75, 3.05) is 25.5 Å². The Labute approximate surface area is 154 Å². The Morgan fingerprint density at radius 3 is 2.42 bits per heavy atom. The molecule has 136 valence electrons. The summed E-state index contributed by atoms with van der Waals surface area (Å²) in [5.41, 5.74) is 1.73. The van der Waals surface area contributed by atoms with Crippen molar-refractivity contribution in [2.45, 2.75) is 18.9 Å². The van der Waals surface area contributed by atoms with Gasteiger partial charge in [-0.3, -0.25) is 9.59 Å². The molecule has 2 aromatic carbocycles. The highest BCUT2D eigenvalue weighted by molar-refractivity contribution is 5.94. The van der Waals surface area contributed by atoms with Crippen LogP contribution in [0.2, 0.25) is 0 Å². The first-order chi connectivity index (χ1) is 12.6. The third-order valence-electron chi connectivity index (χ3n) is 4.58. The number of para-hydroxylation sites is 1. The van der Waals surface area contributed by atoms with Crippen LogP contribution in [0.25, 0.3) is 0 Å². The van der Waals surface area contributed by atoms with Gasteiger partial charge in [-0.25, -0.2) is 0 Å². The van der Waals surface area contributed by atoms with E-state index in [2.05, 4.69) is 5.32 Å². The second kappa shape index (κ2) is 8.63. The van der Waals surface area contributed by atoms with E-state index in [0.717, 1.165) is 24.1 Å². The Morgan fingerprint density at radius 2 is 1.73 bits per heavy atom. The normalized spacial score (nSPS) is 19.6. The number of likely N-dealkylation sites (N-methyl/N-ethyl adjacent to an activating group) is 1. The number of nitrogens with zero attached hydrogens (tertiary/aromatic N) is 1. The minimum Gasteiger partial charge on any atom is -0.373 e. The van der Waals surface area contributed by atoms with Crippen molar-refractivity contribution in [2.24, 2.45) is 5.92 Å². The van der Waals surface area contributed by atoms with E-state index in [9.17, 15) is 9.59 Å². The van der Waals surface area contributed by atoms with E-state index in [1.165, 1.54) is 4.90 Å². The molecule has 0 radical (unpaired) electrons. The maximum absolute atomic E-state index is 12.9. The number of ether oxygens (including phenoxy) is 1. The number of carbonyl (C=O) groups excluding carboxylic acids is 2. The van der Waals surface area contributed by atoms with Gasteiger partial charge in [0.25, 0.3) is 0 Å². The summed E-state index contributed by atoms with van der Waals surface area (Å²) in [6.07, 6.45) is 1.37. The van der Waals surface area contributed by atoms with Crippen LogP contribution in [0.1, 0.15) is 24.5 Å². The van der Waals surface area contributed by atoms with E-state index < -0.39 is 0 Å². The van der Waals surface area contributed by atoms with Gasteiger partial charge in [0.15, 0.2) is 0 Å². The SMILES string of the molecule is CN(CC(=O)Nc1ccccc1)C(=O)[C@@H]1CCCO[C@H]1c1ccccc1. The third-order valence-corrected chi connectivity index (χ3v) is 4.58. The van der Waals surface area contributed by atoms with Crippen LogP contribution in [0.15, 0.2) is 60.7 Å². The largest absolute Gasteiger partial charge is 0.373 e. The maximum Gasteiger partial charge on any atom is 0.243 e. The number of amides is 2. The number of anilines is 1. The Bertz CT molecular complexity index is 733. The highest BCUT2D eigenvalue weighted by Crippen LogP contribution is 2.34. The third kappa shape index (κ3) is 4.49. The standard InChI is InChI=1S/C21H24N2O3/c1-23(15-19(24)22-17-11-6-3-7-12-17)21(25)18-13-8-14-26-20(18)16-9-4-2-5-10-16/h2-7,9-12,18,20H,8,13-15H2,1H3,(H,22,24)/t18-,20+/m1/s1. The van der Waals surface area contributed by atoms with E-state index in [1.807, 2.05) is 60.7 Å². The lowest BCUT2D eigenvalue weighted by molar-refractivity contribution is -0.145. The van der Waals surface area contributed by atoms with Gasteiger partial charge < -0.3 is 15.0 Å². The molecule has 0 spiro atoms. The van der Waals surface area contributed by atoms with Crippen molar-refractivity contribution in [3.63, 3.8) is 0 Å². The Balaban J connectivity index is 1.63. The number of carbonyl (C=O) groups is 2. The van der Waals surface area contributed by atoms with Crippen LogP contribution in [-0.4, -0.2) is 36.9 Å². The molecule has 1 saturated heterocycles. The van der Waals surface area contributed by atoms with Gasteiger partial charge in [-0.05, 0) is 30.5 Å². The molecule has 0 aliphatic carbocycles. The average molecular weight is 352 g/mol. The van der Waals surface area contributed by atoms with Gasteiger partial charge in [0.1, 0.15) is 0 Å². The van der Waals surface area contributed by atoms with Crippen LogP contribution in [-0.2, 0) is 14.3 Å². The van der Waals surface area contributed by atoms with Gasteiger partial charge >= 0.3 is 0 Å². The first kappa shape index (κ1) is 18.1. The molecule has 2 amide bonds. The molecule has 5 heteroatoms. The van der Waals surface area contributed by atoms with E-state index in [-0.39, 0.29) is 30.4 Å². The lowest BCUT2D eigenvalue weighted by Gasteiger charge is -2.33. The molecule has 0 aromatic heterocycles. The second-order valence-electron chi connectivity index (χ2n) is 6.56. The molecule has 1 fully saturated rings. The molecule has 0 bridgehead atoms. The number of hydrogen-bond acceptors (Lipinski definition) is 3. The van der Waals surface area contributed by atoms with E-state index in [4.69, 9.17) is 4.74 Å². The molecule has 1 aliphatic rings. The number of nitrogens with one attached hydrogen (secondary N) is 1. The summed E-state index contributed by atoms with van der Waals surface area (Å²) in [6.45, 7) is 0.674. The summed E-state index contributed by atoms with van der Waals surface area (Å²) in [6, 6.07) is 19.1. The molecule has 0 unspecified atom stereocenters. The van der Waals surface area contributed by atoms with Crippen molar-refractivity contribution in [3.8, 4) is 0 Å². The highest BCUT2D eigenvalue weighted by Gasteiger charge is 2.35. The predicted octanol–water partition coefficient (Wildman–Crippen LogP) is 3.25. The number of hydrogen-bond donors (Lipinski definition) is 1. The smallest absolute Gasteiger partial charge is 0.243 e. The van der Waals surface area contributed by atoms with Crippen molar-refractivity contribution in [3.05, 3.63) is 66.2 Å². The van der Waals surface area contributed by atoms with Gasteiger partial charge in [-0.1, -0.05) is 48.5 Å².